The van der Waals surface area contributed by atoms with Crippen molar-refractivity contribution in [3.63, 3.8) is 0 Å². The molecule has 1 saturated heterocycles. The van der Waals surface area contributed by atoms with Crippen LogP contribution in [0.25, 0.3) is 0 Å². The highest BCUT2D eigenvalue weighted by atomic mass is 32.2. The maximum absolute atomic E-state index is 11.5. The standard InChI is InChI=1S/C8H13NO3S/c9-7-1-5-3-13(11,12)4-6(2-7)8(5)10/h5-7H,1-4,9H2. The fourth-order valence-corrected chi connectivity index (χ4v) is 4.34. The Bertz CT molecular complexity index is 311. The van der Waals surface area contributed by atoms with Crippen molar-refractivity contribution >= 4 is 15.6 Å². The first-order chi connectivity index (χ1) is 5.98. The van der Waals surface area contributed by atoms with Gasteiger partial charge in [0.25, 0.3) is 0 Å². The molecule has 0 aromatic rings. The minimum atomic E-state index is -2.97. The summed E-state index contributed by atoms with van der Waals surface area (Å²) in [5.74, 6) is -0.456. The van der Waals surface area contributed by atoms with Crippen LogP contribution in [0.4, 0.5) is 0 Å². The van der Waals surface area contributed by atoms with Crippen molar-refractivity contribution in [2.24, 2.45) is 17.6 Å². The van der Waals surface area contributed by atoms with Crippen LogP contribution >= 0.6 is 0 Å². The van der Waals surface area contributed by atoms with Crippen LogP contribution in [0.1, 0.15) is 12.8 Å². The van der Waals surface area contributed by atoms with Crippen LogP contribution in [0.2, 0.25) is 0 Å². The molecule has 0 aromatic carbocycles. The molecule has 1 aliphatic carbocycles. The van der Waals surface area contributed by atoms with Crippen LogP contribution in [-0.4, -0.2) is 31.7 Å². The summed E-state index contributed by atoms with van der Waals surface area (Å²) in [6, 6.07) is 0.0169. The van der Waals surface area contributed by atoms with E-state index in [2.05, 4.69) is 0 Å². The van der Waals surface area contributed by atoms with E-state index in [-0.39, 0.29) is 35.2 Å². The number of rotatable bonds is 0. The Morgan fingerprint density at radius 2 is 1.62 bits per heavy atom. The molecule has 2 bridgehead atoms. The maximum atomic E-state index is 11.5. The molecule has 1 heterocycles. The maximum Gasteiger partial charge on any atom is 0.151 e. The first-order valence-corrected chi connectivity index (χ1v) is 6.30. The highest BCUT2D eigenvalue weighted by Crippen LogP contribution is 2.32. The third-order valence-corrected chi connectivity index (χ3v) is 4.71. The van der Waals surface area contributed by atoms with Gasteiger partial charge in [-0.3, -0.25) is 4.79 Å². The molecule has 1 aliphatic heterocycles. The monoisotopic (exact) mass is 203 g/mol. The van der Waals surface area contributed by atoms with Gasteiger partial charge in [0.05, 0.1) is 11.5 Å². The first kappa shape index (κ1) is 9.15. The van der Waals surface area contributed by atoms with E-state index in [1.807, 2.05) is 0 Å². The molecule has 0 aromatic heterocycles. The molecule has 2 fully saturated rings. The lowest BCUT2D eigenvalue weighted by molar-refractivity contribution is -0.128. The summed E-state index contributed by atoms with van der Waals surface area (Å²) < 4.78 is 22.6. The Morgan fingerprint density at radius 1 is 1.15 bits per heavy atom. The second kappa shape index (κ2) is 2.78. The van der Waals surface area contributed by atoms with Gasteiger partial charge in [0.1, 0.15) is 5.78 Å². The number of carbonyl (C=O) groups excluding carboxylic acids is 1. The number of Topliss-reactive ketones (excluding diaryl/α,β-unsaturated/α-hetero) is 1. The van der Waals surface area contributed by atoms with Crippen LogP contribution in [-0.2, 0) is 14.6 Å². The van der Waals surface area contributed by atoms with Crippen LogP contribution in [0.15, 0.2) is 0 Å². The second-order valence-electron chi connectivity index (χ2n) is 4.10. The lowest BCUT2D eigenvalue weighted by atomic mass is 9.79. The summed E-state index contributed by atoms with van der Waals surface area (Å²) in [5.41, 5.74) is 5.73. The molecule has 2 N–H and O–H groups in total. The van der Waals surface area contributed by atoms with Gasteiger partial charge in [-0.25, -0.2) is 8.42 Å². The molecule has 0 amide bonds. The quantitative estimate of drug-likeness (QED) is 0.567. The average molecular weight is 203 g/mol. The highest BCUT2D eigenvalue weighted by Gasteiger charge is 2.43. The van der Waals surface area contributed by atoms with Gasteiger partial charge in [-0.2, -0.15) is 0 Å². The third-order valence-electron chi connectivity index (χ3n) is 2.89. The van der Waals surface area contributed by atoms with E-state index in [0.717, 1.165) is 0 Å². The summed E-state index contributed by atoms with van der Waals surface area (Å²) in [6.07, 6.45) is 1.10. The molecular formula is C8H13NO3S. The Hall–Kier alpha value is -0.420. The van der Waals surface area contributed by atoms with Gasteiger partial charge < -0.3 is 5.73 Å². The Morgan fingerprint density at radius 3 is 2.08 bits per heavy atom. The molecule has 0 radical (unpaired) electrons. The molecule has 4 nitrogen and oxygen atoms in total. The summed E-state index contributed by atoms with van der Waals surface area (Å²) >= 11 is 0. The Labute approximate surface area is 77.4 Å². The number of hydrogen-bond acceptors (Lipinski definition) is 4. The zero-order chi connectivity index (χ0) is 9.64. The molecule has 0 spiro atoms. The lowest BCUT2D eigenvalue weighted by Crippen LogP contribution is -2.49. The summed E-state index contributed by atoms with van der Waals surface area (Å²) in [4.78, 5) is 11.5. The molecule has 2 unspecified atom stereocenters. The number of carbonyl (C=O) groups is 1. The van der Waals surface area contributed by atoms with Crippen LogP contribution in [0, 0.1) is 11.8 Å². The Balaban J connectivity index is 2.28. The van der Waals surface area contributed by atoms with E-state index in [4.69, 9.17) is 5.73 Å². The minimum absolute atomic E-state index is 0.0169. The van der Waals surface area contributed by atoms with Gasteiger partial charge in [-0.05, 0) is 12.8 Å². The molecule has 2 aliphatic rings. The van der Waals surface area contributed by atoms with Crippen molar-refractivity contribution in [3.8, 4) is 0 Å². The zero-order valence-corrected chi connectivity index (χ0v) is 8.09. The summed E-state index contributed by atoms with van der Waals surface area (Å²) in [6.45, 7) is 0. The number of fused-ring (bicyclic) bond motifs is 2. The normalized spacial score (nSPS) is 43.2. The Kier molecular flexibility index (Phi) is 1.96. The van der Waals surface area contributed by atoms with E-state index < -0.39 is 9.84 Å². The highest BCUT2D eigenvalue weighted by molar-refractivity contribution is 7.91. The molecule has 5 heteroatoms. The first-order valence-electron chi connectivity index (χ1n) is 4.47. The van der Waals surface area contributed by atoms with Crippen molar-refractivity contribution in [1.82, 2.24) is 0 Å². The predicted octanol–water partition coefficient (Wildman–Crippen LogP) is -0.663. The smallest absolute Gasteiger partial charge is 0.151 e. The molecule has 2 atom stereocenters. The average Bonchev–Trinajstić information content (AvgIpc) is 1.94. The number of sulfone groups is 1. The fraction of sp³-hybridized carbons (Fsp3) is 0.875. The molecule has 13 heavy (non-hydrogen) atoms. The molecule has 1 saturated carbocycles. The van der Waals surface area contributed by atoms with Crippen molar-refractivity contribution in [2.75, 3.05) is 11.5 Å². The summed E-state index contributed by atoms with van der Waals surface area (Å²) in [7, 11) is -2.97. The predicted molar refractivity (Wildman–Crippen MR) is 47.9 cm³/mol. The fourth-order valence-electron chi connectivity index (χ4n) is 2.37. The van der Waals surface area contributed by atoms with E-state index in [1.54, 1.807) is 0 Å². The van der Waals surface area contributed by atoms with E-state index in [9.17, 15) is 13.2 Å². The number of ketones is 1. The van der Waals surface area contributed by atoms with Crippen molar-refractivity contribution in [3.05, 3.63) is 0 Å². The van der Waals surface area contributed by atoms with Gasteiger partial charge in [-0.1, -0.05) is 0 Å². The summed E-state index contributed by atoms with van der Waals surface area (Å²) in [5, 5.41) is 0. The van der Waals surface area contributed by atoms with Crippen LogP contribution in [0.3, 0.4) is 0 Å². The largest absolute Gasteiger partial charge is 0.328 e. The van der Waals surface area contributed by atoms with Crippen LogP contribution in [0.5, 0.6) is 0 Å². The number of nitrogens with two attached hydrogens (primary N) is 1. The van der Waals surface area contributed by atoms with E-state index in [0.29, 0.717) is 12.8 Å². The van der Waals surface area contributed by atoms with Gasteiger partial charge in [0, 0.05) is 17.9 Å². The van der Waals surface area contributed by atoms with Crippen molar-refractivity contribution < 1.29 is 13.2 Å². The van der Waals surface area contributed by atoms with Gasteiger partial charge in [0.15, 0.2) is 9.84 Å². The lowest BCUT2D eigenvalue weighted by Gasteiger charge is -2.35. The van der Waals surface area contributed by atoms with Gasteiger partial charge in [-0.15, -0.1) is 0 Å². The van der Waals surface area contributed by atoms with Gasteiger partial charge in [0.2, 0.25) is 0 Å². The van der Waals surface area contributed by atoms with Crippen molar-refractivity contribution in [1.29, 1.82) is 0 Å². The topological polar surface area (TPSA) is 77.2 Å². The molecule has 2 rings (SSSR count). The van der Waals surface area contributed by atoms with E-state index in [1.165, 1.54) is 0 Å². The third kappa shape index (κ3) is 1.62. The molecule has 74 valence electrons. The van der Waals surface area contributed by atoms with E-state index >= 15 is 0 Å². The second-order valence-corrected chi connectivity index (χ2v) is 6.26. The number of hydrogen-bond donors (Lipinski definition) is 1. The molecular weight excluding hydrogens is 190 g/mol. The van der Waals surface area contributed by atoms with Crippen molar-refractivity contribution in [2.45, 2.75) is 18.9 Å². The zero-order valence-electron chi connectivity index (χ0n) is 7.27. The van der Waals surface area contributed by atoms with Crippen LogP contribution < -0.4 is 5.73 Å². The SMILES string of the molecule is NC1CC2CS(=O)(=O)CC(C1)C2=O. The van der Waals surface area contributed by atoms with Gasteiger partial charge >= 0.3 is 0 Å². The minimum Gasteiger partial charge on any atom is -0.328 e.